The predicted molar refractivity (Wildman–Crippen MR) is 93.0 cm³/mol. The monoisotopic (exact) mass is 333 g/mol. The van der Waals surface area contributed by atoms with Crippen LogP contribution in [0.25, 0.3) is 0 Å². The molecule has 0 spiro atoms. The Hall–Kier alpha value is -2.08. The second kappa shape index (κ2) is 8.68. The van der Waals surface area contributed by atoms with E-state index in [1.54, 1.807) is 19.1 Å². The lowest BCUT2D eigenvalue weighted by Crippen LogP contribution is -2.47. The Morgan fingerprint density at radius 2 is 1.96 bits per heavy atom. The molecule has 1 aliphatic rings. The van der Waals surface area contributed by atoms with Crippen LogP contribution in [-0.2, 0) is 16.0 Å². The molecule has 1 saturated carbocycles. The van der Waals surface area contributed by atoms with Crippen LogP contribution in [0.5, 0.6) is 5.75 Å². The number of carbonyl (C=O) groups is 2. The van der Waals surface area contributed by atoms with Gasteiger partial charge in [0.15, 0.2) is 0 Å². The van der Waals surface area contributed by atoms with Gasteiger partial charge in [-0.05, 0) is 50.9 Å². The number of rotatable bonds is 9. The maximum atomic E-state index is 12.2. The minimum atomic E-state index is -0.342. The molecule has 2 amide bonds. The Kier molecular flexibility index (Phi) is 6.61. The quantitative estimate of drug-likeness (QED) is 0.706. The lowest BCUT2D eigenvalue weighted by molar-refractivity contribution is -0.127. The highest BCUT2D eigenvalue weighted by Gasteiger charge is 2.25. The molecule has 0 bridgehead atoms. The number of hydrogen-bond acceptors (Lipinski definition) is 4. The van der Waals surface area contributed by atoms with Crippen molar-refractivity contribution in [1.82, 2.24) is 15.5 Å². The summed E-state index contributed by atoms with van der Waals surface area (Å²) in [7, 11) is 3.43. The number of nitrogens with zero attached hydrogens (tertiary/aromatic N) is 1. The second-order valence-corrected chi connectivity index (χ2v) is 6.32. The summed E-state index contributed by atoms with van der Waals surface area (Å²) >= 11 is 0. The maximum absolute atomic E-state index is 12.2. The highest BCUT2D eigenvalue weighted by Crippen LogP contribution is 2.18. The summed E-state index contributed by atoms with van der Waals surface area (Å²) in [6, 6.07) is 7.80. The van der Waals surface area contributed by atoms with Gasteiger partial charge in [-0.1, -0.05) is 12.1 Å². The van der Waals surface area contributed by atoms with Gasteiger partial charge in [0, 0.05) is 12.6 Å². The molecule has 2 N–H and O–H groups in total. The number of likely N-dealkylation sites (N-methyl/N-ethyl adjacent to an activating group) is 1. The number of ether oxygens (including phenoxy) is 1. The van der Waals surface area contributed by atoms with Crippen molar-refractivity contribution in [2.45, 2.75) is 38.3 Å². The van der Waals surface area contributed by atoms with Crippen LogP contribution in [0.4, 0.5) is 0 Å². The Labute approximate surface area is 143 Å². The first kappa shape index (κ1) is 18.3. The van der Waals surface area contributed by atoms with E-state index in [4.69, 9.17) is 4.74 Å². The van der Waals surface area contributed by atoms with E-state index in [1.807, 2.05) is 31.2 Å². The molecule has 0 heterocycles. The summed E-state index contributed by atoms with van der Waals surface area (Å²) in [5, 5.41) is 5.85. The van der Waals surface area contributed by atoms with Gasteiger partial charge < -0.3 is 15.4 Å². The van der Waals surface area contributed by atoms with Gasteiger partial charge in [-0.2, -0.15) is 0 Å². The summed E-state index contributed by atoms with van der Waals surface area (Å²) in [6.07, 6.45) is 2.89. The molecule has 0 radical (unpaired) electrons. The van der Waals surface area contributed by atoms with Gasteiger partial charge in [0.05, 0.1) is 19.7 Å². The molecule has 0 aliphatic heterocycles. The Balaban J connectivity index is 1.68. The van der Waals surface area contributed by atoms with Crippen molar-refractivity contribution in [2.75, 3.05) is 27.2 Å². The smallest absolute Gasteiger partial charge is 0.237 e. The largest absolute Gasteiger partial charge is 0.497 e. The zero-order valence-corrected chi connectivity index (χ0v) is 14.7. The lowest BCUT2D eigenvalue weighted by Gasteiger charge is -2.23. The van der Waals surface area contributed by atoms with Crippen molar-refractivity contribution < 1.29 is 14.3 Å². The van der Waals surface area contributed by atoms with Crippen molar-refractivity contribution in [3.63, 3.8) is 0 Å². The van der Waals surface area contributed by atoms with Gasteiger partial charge in [0.1, 0.15) is 5.75 Å². The van der Waals surface area contributed by atoms with Crippen LogP contribution in [-0.4, -0.2) is 56.0 Å². The van der Waals surface area contributed by atoms with Crippen molar-refractivity contribution in [2.24, 2.45) is 0 Å². The maximum Gasteiger partial charge on any atom is 0.237 e. The van der Waals surface area contributed by atoms with Gasteiger partial charge in [-0.15, -0.1) is 0 Å². The second-order valence-electron chi connectivity index (χ2n) is 6.32. The first-order chi connectivity index (χ1) is 11.5. The zero-order chi connectivity index (χ0) is 17.5. The van der Waals surface area contributed by atoms with E-state index >= 15 is 0 Å². The van der Waals surface area contributed by atoms with Crippen LogP contribution >= 0.6 is 0 Å². The van der Waals surface area contributed by atoms with Crippen LogP contribution in [0.2, 0.25) is 0 Å². The standard InChI is InChI=1S/C18H27N3O3/c1-13(21(2)12-17(22)20-15-6-7-15)18(23)19-11-10-14-4-8-16(24-3)9-5-14/h4-5,8-9,13,15H,6-7,10-12H2,1-3H3,(H,19,23)(H,20,22). The summed E-state index contributed by atoms with van der Waals surface area (Å²) < 4.78 is 5.12. The Bertz CT molecular complexity index is 555. The van der Waals surface area contributed by atoms with Crippen molar-refractivity contribution >= 4 is 11.8 Å². The summed E-state index contributed by atoms with van der Waals surface area (Å²) in [6.45, 7) is 2.62. The molecule has 6 heteroatoms. The molecule has 1 unspecified atom stereocenters. The third kappa shape index (κ3) is 5.85. The summed E-state index contributed by atoms with van der Waals surface area (Å²) in [5.41, 5.74) is 1.14. The highest BCUT2D eigenvalue weighted by molar-refractivity contribution is 5.83. The Morgan fingerprint density at radius 1 is 1.29 bits per heavy atom. The fourth-order valence-corrected chi connectivity index (χ4v) is 2.33. The van der Waals surface area contributed by atoms with Gasteiger partial charge in [-0.3, -0.25) is 14.5 Å². The molecule has 0 saturated heterocycles. The molecule has 1 atom stereocenters. The van der Waals surface area contributed by atoms with Crippen LogP contribution in [0.1, 0.15) is 25.3 Å². The SMILES string of the molecule is COc1ccc(CCNC(=O)C(C)N(C)CC(=O)NC2CC2)cc1. The third-order valence-electron chi connectivity index (χ3n) is 4.25. The predicted octanol–water partition coefficient (Wildman–Crippen LogP) is 0.953. The zero-order valence-electron chi connectivity index (χ0n) is 14.7. The summed E-state index contributed by atoms with van der Waals surface area (Å²) in [4.78, 5) is 25.7. The molecular formula is C18H27N3O3. The topological polar surface area (TPSA) is 70.7 Å². The molecule has 132 valence electrons. The Morgan fingerprint density at radius 3 is 2.54 bits per heavy atom. The molecule has 2 rings (SSSR count). The minimum Gasteiger partial charge on any atom is -0.497 e. The van der Waals surface area contributed by atoms with E-state index in [0.717, 1.165) is 30.6 Å². The molecule has 1 aliphatic carbocycles. The fourth-order valence-electron chi connectivity index (χ4n) is 2.33. The van der Waals surface area contributed by atoms with Gasteiger partial charge in [0.25, 0.3) is 0 Å². The van der Waals surface area contributed by atoms with Crippen LogP contribution in [0, 0.1) is 0 Å². The van der Waals surface area contributed by atoms with E-state index in [2.05, 4.69) is 10.6 Å². The number of nitrogens with one attached hydrogen (secondary N) is 2. The molecule has 0 aromatic heterocycles. The van der Waals surface area contributed by atoms with E-state index < -0.39 is 0 Å². The van der Waals surface area contributed by atoms with Gasteiger partial charge >= 0.3 is 0 Å². The van der Waals surface area contributed by atoms with Crippen LogP contribution in [0.3, 0.4) is 0 Å². The third-order valence-corrected chi connectivity index (χ3v) is 4.25. The molecule has 1 aromatic carbocycles. The number of methoxy groups -OCH3 is 1. The molecule has 1 fully saturated rings. The number of amides is 2. The highest BCUT2D eigenvalue weighted by atomic mass is 16.5. The number of benzene rings is 1. The number of hydrogen-bond donors (Lipinski definition) is 2. The van der Waals surface area contributed by atoms with Crippen LogP contribution in [0.15, 0.2) is 24.3 Å². The van der Waals surface area contributed by atoms with E-state index in [9.17, 15) is 9.59 Å². The molecule has 6 nitrogen and oxygen atoms in total. The fraction of sp³-hybridized carbons (Fsp3) is 0.556. The van der Waals surface area contributed by atoms with E-state index in [1.165, 1.54) is 0 Å². The van der Waals surface area contributed by atoms with E-state index in [-0.39, 0.29) is 24.4 Å². The first-order valence-corrected chi connectivity index (χ1v) is 8.40. The average molecular weight is 333 g/mol. The molecular weight excluding hydrogens is 306 g/mol. The van der Waals surface area contributed by atoms with Gasteiger partial charge in [-0.25, -0.2) is 0 Å². The average Bonchev–Trinajstić information content (AvgIpc) is 3.38. The first-order valence-electron chi connectivity index (χ1n) is 8.40. The number of carbonyl (C=O) groups excluding carboxylic acids is 2. The van der Waals surface area contributed by atoms with Crippen molar-refractivity contribution in [1.29, 1.82) is 0 Å². The van der Waals surface area contributed by atoms with Crippen LogP contribution < -0.4 is 15.4 Å². The molecule has 1 aromatic rings. The van der Waals surface area contributed by atoms with Crippen molar-refractivity contribution in [3.8, 4) is 5.75 Å². The normalized spacial score (nSPS) is 15.0. The minimum absolute atomic E-state index is 0.0158. The van der Waals surface area contributed by atoms with Crippen molar-refractivity contribution in [3.05, 3.63) is 29.8 Å². The van der Waals surface area contributed by atoms with Gasteiger partial charge in [0.2, 0.25) is 11.8 Å². The van der Waals surface area contributed by atoms with E-state index in [0.29, 0.717) is 12.6 Å². The molecule has 24 heavy (non-hydrogen) atoms. The summed E-state index contributed by atoms with van der Waals surface area (Å²) in [5.74, 6) is 0.741. The lowest BCUT2D eigenvalue weighted by atomic mass is 10.1.